The van der Waals surface area contributed by atoms with Crippen molar-refractivity contribution >= 4 is 76.8 Å². The summed E-state index contributed by atoms with van der Waals surface area (Å²) in [4.78, 5) is 33.3. The van der Waals surface area contributed by atoms with Crippen LogP contribution in [0.5, 0.6) is 11.5 Å². The standard InChI is InChI=1S/C32H21N9O13S2/c42-29-22(12-6-16-14-24(56(52,53)54)26(30(43)25(16)29)37-33-17-7-10-20(11-8-17)41(47)48)36-35-21-13-9-18(15-23(21)55(49,50)51)34-38-27-28(32(45)46)39-40(31(27)44)19-4-2-1-3-5-19/h1-15,39,42-43H,(H,45,46)(H,49,50,51)(H,52,53,54). The Hall–Kier alpha value is -7.54. The number of H-pyrrole nitrogens is 1. The van der Waals surface area contributed by atoms with Crippen LogP contribution >= 0.6 is 0 Å². The van der Waals surface area contributed by atoms with Crippen molar-refractivity contribution in [1.82, 2.24) is 9.78 Å². The second-order valence-corrected chi connectivity index (χ2v) is 14.0. The third-order valence-corrected chi connectivity index (χ3v) is 9.37. The summed E-state index contributed by atoms with van der Waals surface area (Å²) in [6, 6.07) is 18.4. The van der Waals surface area contributed by atoms with Crippen molar-refractivity contribution in [2.24, 2.45) is 30.7 Å². The first-order valence-corrected chi connectivity index (χ1v) is 18.1. The lowest BCUT2D eigenvalue weighted by Crippen LogP contribution is -2.13. The van der Waals surface area contributed by atoms with Gasteiger partial charge in [-0.25, -0.2) is 9.48 Å². The highest BCUT2D eigenvalue weighted by Gasteiger charge is 2.25. The van der Waals surface area contributed by atoms with Crippen LogP contribution in [0.4, 0.5) is 39.8 Å². The van der Waals surface area contributed by atoms with Crippen LogP contribution in [0.25, 0.3) is 16.5 Å². The van der Waals surface area contributed by atoms with Crippen molar-refractivity contribution in [2.75, 3.05) is 0 Å². The summed E-state index contributed by atoms with van der Waals surface area (Å²) in [6.07, 6.45) is 0. The van der Waals surface area contributed by atoms with E-state index in [1.54, 1.807) is 18.2 Å². The van der Waals surface area contributed by atoms with E-state index in [0.29, 0.717) is 0 Å². The molecule has 0 bridgehead atoms. The fraction of sp³-hybridized carbons (Fsp3) is 0. The molecule has 0 saturated heterocycles. The molecule has 6 aromatic rings. The maximum absolute atomic E-state index is 13.0. The summed E-state index contributed by atoms with van der Waals surface area (Å²) in [5, 5.41) is 67.0. The lowest BCUT2D eigenvalue weighted by atomic mass is 10.1. The second-order valence-electron chi connectivity index (χ2n) is 11.2. The van der Waals surface area contributed by atoms with Crippen molar-refractivity contribution in [3.8, 4) is 17.2 Å². The van der Waals surface area contributed by atoms with Gasteiger partial charge in [0.15, 0.2) is 22.9 Å². The van der Waals surface area contributed by atoms with E-state index in [4.69, 9.17) is 0 Å². The van der Waals surface area contributed by atoms with Gasteiger partial charge in [-0.15, -0.1) is 20.5 Å². The number of hydrogen-bond acceptors (Lipinski definition) is 16. The molecule has 5 aromatic carbocycles. The Morgan fingerprint density at radius 1 is 0.696 bits per heavy atom. The third-order valence-electron chi connectivity index (χ3n) is 7.62. The number of nitrogens with zero attached hydrogens (tertiary/aromatic N) is 8. The number of para-hydroxylation sites is 1. The molecule has 0 fully saturated rings. The Morgan fingerprint density at radius 2 is 1.29 bits per heavy atom. The SMILES string of the molecule is O=C(O)c1[nH]n(-c2ccccc2)c(=O)c1N=Nc1ccc(N=Nc2ccc3cc(S(=O)(=O)O)c(N=Nc4ccc([N+](=O)[O-])cc4)c(O)c3c2O)c(S(=O)(=O)O)c1. The molecule has 24 heteroatoms. The zero-order chi connectivity index (χ0) is 40.5. The molecule has 0 aliphatic carbocycles. The van der Waals surface area contributed by atoms with E-state index < -0.39 is 91.8 Å². The minimum Gasteiger partial charge on any atom is -0.505 e. The average molecular weight is 804 g/mol. The summed E-state index contributed by atoms with van der Waals surface area (Å²) in [7, 11) is -10.1. The van der Waals surface area contributed by atoms with Crippen LogP contribution in [0.2, 0.25) is 0 Å². The van der Waals surface area contributed by atoms with Crippen LogP contribution < -0.4 is 5.56 Å². The molecule has 1 heterocycles. The Morgan fingerprint density at radius 3 is 1.91 bits per heavy atom. The summed E-state index contributed by atoms with van der Waals surface area (Å²) in [5.74, 6) is -3.39. The van der Waals surface area contributed by atoms with Gasteiger partial charge in [-0.1, -0.05) is 24.3 Å². The number of nitro groups is 1. The van der Waals surface area contributed by atoms with E-state index in [9.17, 15) is 61.0 Å². The number of benzene rings is 5. The van der Waals surface area contributed by atoms with Gasteiger partial charge in [0.1, 0.15) is 26.9 Å². The number of nitrogens with one attached hydrogen (secondary N) is 1. The van der Waals surface area contributed by atoms with E-state index in [2.05, 4.69) is 35.8 Å². The molecule has 22 nitrogen and oxygen atoms in total. The highest BCUT2D eigenvalue weighted by molar-refractivity contribution is 7.86. The van der Waals surface area contributed by atoms with E-state index >= 15 is 0 Å². The highest BCUT2D eigenvalue weighted by atomic mass is 32.2. The van der Waals surface area contributed by atoms with E-state index in [0.717, 1.165) is 53.2 Å². The monoisotopic (exact) mass is 803 g/mol. The minimum absolute atomic E-state index is 0.0221. The molecule has 56 heavy (non-hydrogen) atoms. The van der Waals surface area contributed by atoms with Gasteiger partial charge in [0.2, 0.25) is 0 Å². The quantitative estimate of drug-likeness (QED) is 0.0330. The van der Waals surface area contributed by atoms with E-state index in [1.807, 2.05) is 0 Å². The average Bonchev–Trinajstić information content (AvgIpc) is 3.48. The molecule has 284 valence electrons. The third kappa shape index (κ3) is 7.73. The first kappa shape index (κ1) is 38.2. The van der Waals surface area contributed by atoms with Crippen molar-refractivity contribution in [3.63, 3.8) is 0 Å². The zero-order valence-electron chi connectivity index (χ0n) is 27.6. The number of fused-ring (bicyclic) bond motifs is 1. The molecule has 0 aliphatic heterocycles. The highest BCUT2D eigenvalue weighted by Crippen LogP contribution is 2.48. The Bertz CT molecular complexity index is 2960. The predicted molar refractivity (Wildman–Crippen MR) is 192 cm³/mol. The molecule has 0 spiro atoms. The predicted octanol–water partition coefficient (Wildman–Crippen LogP) is 7.08. The number of carbonyl (C=O) groups is 1. The number of phenolic OH excluding ortho intramolecular Hbond substituents is 2. The van der Waals surface area contributed by atoms with Gasteiger partial charge in [0, 0.05) is 12.1 Å². The van der Waals surface area contributed by atoms with Crippen LogP contribution in [0.3, 0.4) is 0 Å². The number of aromatic amines is 1. The smallest absolute Gasteiger partial charge is 0.356 e. The second kappa shape index (κ2) is 14.7. The first-order valence-electron chi connectivity index (χ1n) is 15.2. The van der Waals surface area contributed by atoms with Gasteiger partial charge in [0.05, 0.1) is 27.4 Å². The van der Waals surface area contributed by atoms with Crippen molar-refractivity contribution in [2.45, 2.75) is 9.79 Å². The number of azo groups is 3. The largest absolute Gasteiger partial charge is 0.505 e. The number of carboxylic acid groups (broad SMARTS) is 1. The molecule has 0 aliphatic rings. The molecule has 0 radical (unpaired) electrons. The van der Waals surface area contributed by atoms with E-state index in [-0.39, 0.29) is 28.1 Å². The van der Waals surface area contributed by atoms with Crippen molar-refractivity contribution in [1.29, 1.82) is 0 Å². The summed E-state index contributed by atoms with van der Waals surface area (Å²) in [5.41, 5.74) is -4.25. The van der Waals surface area contributed by atoms with Gasteiger partial charge < -0.3 is 15.3 Å². The molecule has 6 rings (SSSR count). The van der Waals surface area contributed by atoms with Crippen molar-refractivity contribution in [3.05, 3.63) is 117 Å². The molecular weight excluding hydrogens is 783 g/mol. The Labute approximate surface area is 311 Å². The minimum atomic E-state index is -5.08. The first-order chi connectivity index (χ1) is 26.4. The molecular formula is C32H21N9O13S2. The number of hydrogen-bond donors (Lipinski definition) is 6. The number of aromatic nitrogens is 2. The maximum Gasteiger partial charge on any atom is 0.356 e. The number of rotatable bonds is 11. The molecule has 0 saturated carbocycles. The van der Waals surface area contributed by atoms with Gasteiger partial charge in [-0.05, 0) is 60.0 Å². The molecule has 0 amide bonds. The van der Waals surface area contributed by atoms with Crippen LogP contribution in [-0.2, 0) is 20.2 Å². The molecule has 0 atom stereocenters. The molecule has 0 unspecified atom stereocenters. The fourth-order valence-electron chi connectivity index (χ4n) is 5.03. The Kier molecular flexibility index (Phi) is 10.0. The Balaban J connectivity index is 1.37. The van der Waals surface area contributed by atoms with Crippen LogP contribution in [0.1, 0.15) is 10.5 Å². The molecule has 6 N–H and O–H groups in total. The lowest BCUT2D eigenvalue weighted by molar-refractivity contribution is -0.384. The summed E-state index contributed by atoms with van der Waals surface area (Å²) >= 11 is 0. The summed E-state index contributed by atoms with van der Waals surface area (Å²) in [6.45, 7) is 0. The van der Waals surface area contributed by atoms with Gasteiger partial charge in [0.25, 0.3) is 31.5 Å². The molecule has 1 aromatic heterocycles. The number of carboxylic acids is 1. The van der Waals surface area contributed by atoms with Crippen LogP contribution in [0.15, 0.2) is 136 Å². The van der Waals surface area contributed by atoms with E-state index in [1.165, 1.54) is 24.3 Å². The van der Waals surface area contributed by atoms with Crippen LogP contribution in [0, 0.1) is 10.1 Å². The topological polar surface area (TPSA) is 342 Å². The zero-order valence-corrected chi connectivity index (χ0v) is 29.2. The van der Waals surface area contributed by atoms with Gasteiger partial charge in [-0.2, -0.15) is 27.1 Å². The summed E-state index contributed by atoms with van der Waals surface area (Å²) < 4.78 is 69.8. The number of aromatic hydroxyl groups is 2. The van der Waals surface area contributed by atoms with Gasteiger partial charge in [-0.3, -0.25) is 29.1 Å². The normalized spacial score (nSPS) is 12.3. The van der Waals surface area contributed by atoms with Crippen molar-refractivity contribution < 1.29 is 51.0 Å². The number of nitro benzene ring substituents is 1. The number of phenols is 2. The van der Waals surface area contributed by atoms with Crippen LogP contribution in [-0.4, -0.2) is 61.9 Å². The van der Waals surface area contributed by atoms with Gasteiger partial charge >= 0.3 is 5.97 Å². The number of non-ortho nitro benzene ring substituents is 1. The fourth-order valence-corrected chi connectivity index (χ4v) is 6.33. The number of aromatic carboxylic acids is 1. The maximum atomic E-state index is 13.0. The lowest BCUT2D eigenvalue weighted by Gasteiger charge is -2.11.